The zero-order chi connectivity index (χ0) is 23.8. The van der Waals surface area contributed by atoms with E-state index in [1.54, 1.807) is 31.2 Å². The Morgan fingerprint density at radius 1 is 1.09 bits per heavy atom. The van der Waals surface area contributed by atoms with Crippen LogP contribution in [0.1, 0.15) is 43.1 Å². The summed E-state index contributed by atoms with van der Waals surface area (Å²) < 4.78 is 13.9. The molecule has 10 heteroatoms. The number of carbonyl (C=O) groups is 2. The summed E-state index contributed by atoms with van der Waals surface area (Å²) >= 11 is 4.71. The highest BCUT2D eigenvalue weighted by molar-refractivity contribution is 9.10. The number of benzene rings is 2. The van der Waals surface area contributed by atoms with Gasteiger partial charge in [0.25, 0.3) is 0 Å². The van der Waals surface area contributed by atoms with Crippen LogP contribution in [-0.4, -0.2) is 39.0 Å². The first-order valence-electron chi connectivity index (χ1n) is 10.5. The van der Waals surface area contributed by atoms with Gasteiger partial charge in [-0.05, 0) is 69.3 Å². The standard InChI is InChI=1S/C23H25BrN4O4S/c1-4-28-21(15(3)32-19-12-8-17(24)9-13-19)26-27-23(28)33-14-20(29)25-18-10-6-16(7-11-18)22(30)31-5-2/h6-13,15H,4-5,14H2,1-3H3,(H,25,29). The van der Waals surface area contributed by atoms with Gasteiger partial charge in [0, 0.05) is 16.7 Å². The summed E-state index contributed by atoms with van der Waals surface area (Å²) in [6.07, 6.45) is -0.306. The van der Waals surface area contributed by atoms with Crippen LogP contribution in [0.5, 0.6) is 5.75 Å². The van der Waals surface area contributed by atoms with Crippen molar-refractivity contribution in [2.75, 3.05) is 17.7 Å². The predicted molar refractivity (Wildman–Crippen MR) is 131 cm³/mol. The highest BCUT2D eigenvalue weighted by Gasteiger charge is 2.19. The molecule has 8 nitrogen and oxygen atoms in total. The third kappa shape index (κ3) is 6.82. The zero-order valence-corrected chi connectivity index (χ0v) is 21.0. The molecule has 33 heavy (non-hydrogen) atoms. The molecule has 0 aliphatic heterocycles. The third-order valence-electron chi connectivity index (χ3n) is 4.56. The molecule has 2 aromatic carbocycles. The van der Waals surface area contributed by atoms with Crippen molar-refractivity contribution in [1.29, 1.82) is 0 Å². The fourth-order valence-corrected chi connectivity index (χ4v) is 4.08. The van der Waals surface area contributed by atoms with E-state index in [1.165, 1.54) is 11.8 Å². The van der Waals surface area contributed by atoms with Gasteiger partial charge >= 0.3 is 5.97 Å². The molecule has 3 rings (SSSR count). The molecule has 1 aromatic heterocycles. The normalized spacial score (nSPS) is 11.6. The van der Waals surface area contributed by atoms with E-state index in [1.807, 2.05) is 42.7 Å². The molecular formula is C23H25BrN4O4S. The number of nitrogens with one attached hydrogen (secondary N) is 1. The summed E-state index contributed by atoms with van der Waals surface area (Å²) in [5.74, 6) is 1.02. The zero-order valence-electron chi connectivity index (χ0n) is 18.6. The van der Waals surface area contributed by atoms with Crippen molar-refractivity contribution in [3.63, 3.8) is 0 Å². The highest BCUT2D eigenvalue weighted by atomic mass is 79.9. The Morgan fingerprint density at radius 2 is 1.79 bits per heavy atom. The Bertz CT molecular complexity index is 1090. The molecule has 1 unspecified atom stereocenters. The van der Waals surface area contributed by atoms with E-state index in [-0.39, 0.29) is 23.7 Å². The highest BCUT2D eigenvalue weighted by Crippen LogP contribution is 2.25. The first kappa shape index (κ1) is 24.8. The lowest BCUT2D eigenvalue weighted by Crippen LogP contribution is -2.15. The summed E-state index contributed by atoms with van der Waals surface area (Å²) in [6, 6.07) is 14.2. The smallest absolute Gasteiger partial charge is 0.338 e. The number of carbonyl (C=O) groups excluding carboxylic acids is 2. The van der Waals surface area contributed by atoms with Gasteiger partial charge in [-0.2, -0.15) is 0 Å². The number of nitrogens with zero attached hydrogens (tertiary/aromatic N) is 3. The maximum atomic E-state index is 12.4. The number of anilines is 1. The Balaban J connectivity index is 1.57. The molecule has 1 atom stereocenters. The minimum atomic E-state index is -0.390. The summed E-state index contributed by atoms with van der Waals surface area (Å²) in [6.45, 7) is 6.62. The first-order chi connectivity index (χ1) is 15.9. The van der Waals surface area contributed by atoms with Gasteiger partial charge < -0.3 is 19.4 Å². The Kier molecular flexibility index (Phi) is 8.90. The van der Waals surface area contributed by atoms with Crippen LogP contribution in [0, 0.1) is 0 Å². The molecule has 0 bridgehead atoms. The van der Waals surface area contributed by atoms with Crippen molar-refractivity contribution in [2.24, 2.45) is 0 Å². The van der Waals surface area contributed by atoms with Crippen LogP contribution in [0.25, 0.3) is 0 Å². The summed E-state index contributed by atoms with van der Waals surface area (Å²) in [5.41, 5.74) is 1.04. The molecule has 3 aromatic rings. The Hall–Kier alpha value is -2.85. The molecule has 1 amide bonds. The van der Waals surface area contributed by atoms with Crippen molar-refractivity contribution in [1.82, 2.24) is 14.8 Å². The van der Waals surface area contributed by atoms with E-state index < -0.39 is 0 Å². The summed E-state index contributed by atoms with van der Waals surface area (Å²) in [7, 11) is 0. The van der Waals surface area contributed by atoms with Crippen LogP contribution < -0.4 is 10.1 Å². The molecule has 1 heterocycles. The number of thioether (sulfide) groups is 1. The second-order valence-electron chi connectivity index (χ2n) is 6.93. The van der Waals surface area contributed by atoms with Gasteiger partial charge in [-0.15, -0.1) is 10.2 Å². The van der Waals surface area contributed by atoms with Crippen LogP contribution >= 0.6 is 27.7 Å². The lowest BCUT2D eigenvalue weighted by atomic mass is 10.2. The van der Waals surface area contributed by atoms with Crippen LogP contribution in [0.15, 0.2) is 58.2 Å². The maximum absolute atomic E-state index is 12.4. The number of esters is 1. The van der Waals surface area contributed by atoms with E-state index in [4.69, 9.17) is 9.47 Å². The number of amides is 1. The van der Waals surface area contributed by atoms with Crippen molar-refractivity contribution in [3.8, 4) is 5.75 Å². The van der Waals surface area contributed by atoms with Crippen molar-refractivity contribution in [2.45, 2.75) is 38.6 Å². The van der Waals surface area contributed by atoms with Crippen molar-refractivity contribution < 1.29 is 19.1 Å². The van der Waals surface area contributed by atoms with E-state index >= 15 is 0 Å². The van der Waals surface area contributed by atoms with Gasteiger partial charge in [0.15, 0.2) is 17.1 Å². The van der Waals surface area contributed by atoms with Gasteiger partial charge in [0.05, 0.1) is 17.9 Å². The topological polar surface area (TPSA) is 95.3 Å². The number of rotatable bonds is 10. The molecule has 0 aliphatic carbocycles. The molecule has 0 aliphatic rings. The van der Waals surface area contributed by atoms with Gasteiger partial charge in [0.2, 0.25) is 5.91 Å². The van der Waals surface area contributed by atoms with Crippen LogP contribution in [-0.2, 0) is 16.1 Å². The molecule has 0 radical (unpaired) electrons. The van der Waals surface area contributed by atoms with Gasteiger partial charge in [0.1, 0.15) is 5.75 Å². The van der Waals surface area contributed by atoms with E-state index in [9.17, 15) is 9.59 Å². The number of aromatic nitrogens is 3. The van der Waals surface area contributed by atoms with Crippen LogP contribution in [0.3, 0.4) is 0 Å². The average molecular weight is 533 g/mol. The van der Waals surface area contributed by atoms with Gasteiger partial charge in [-0.3, -0.25) is 4.79 Å². The largest absolute Gasteiger partial charge is 0.483 e. The molecule has 0 saturated carbocycles. The van der Waals surface area contributed by atoms with Gasteiger partial charge in [-0.25, -0.2) is 4.79 Å². The van der Waals surface area contributed by atoms with Crippen molar-refractivity contribution >= 4 is 45.3 Å². The predicted octanol–water partition coefficient (Wildman–Crippen LogP) is 5.11. The number of ether oxygens (including phenoxy) is 2. The molecule has 0 saturated heterocycles. The monoisotopic (exact) mass is 532 g/mol. The minimum Gasteiger partial charge on any atom is -0.483 e. The Labute approximate surface area is 205 Å². The van der Waals surface area contributed by atoms with Crippen molar-refractivity contribution in [3.05, 3.63) is 64.4 Å². The molecule has 0 fully saturated rings. The molecule has 174 valence electrons. The van der Waals surface area contributed by atoms with Crippen LogP contribution in [0.2, 0.25) is 0 Å². The van der Waals surface area contributed by atoms with E-state index in [0.717, 1.165) is 10.2 Å². The fraction of sp³-hybridized carbons (Fsp3) is 0.304. The fourth-order valence-electron chi connectivity index (χ4n) is 3.01. The SMILES string of the molecule is CCOC(=O)c1ccc(NC(=O)CSc2nnc(C(C)Oc3ccc(Br)cc3)n2CC)cc1. The van der Waals surface area contributed by atoms with Gasteiger partial charge in [-0.1, -0.05) is 27.7 Å². The first-order valence-corrected chi connectivity index (χ1v) is 12.2. The van der Waals surface area contributed by atoms with E-state index in [2.05, 4.69) is 31.4 Å². The second-order valence-corrected chi connectivity index (χ2v) is 8.79. The maximum Gasteiger partial charge on any atom is 0.338 e. The Morgan fingerprint density at radius 3 is 2.42 bits per heavy atom. The molecule has 1 N–H and O–H groups in total. The molecular weight excluding hydrogens is 508 g/mol. The number of hydrogen-bond donors (Lipinski definition) is 1. The third-order valence-corrected chi connectivity index (χ3v) is 6.06. The lowest BCUT2D eigenvalue weighted by Gasteiger charge is -2.15. The second kappa shape index (κ2) is 11.9. The lowest BCUT2D eigenvalue weighted by molar-refractivity contribution is -0.113. The average Bonchev–Trinajstić information content (AvgIpc) is 3.23. The number of hydrogen-bond acceptors (Lipinski definition) is 7. The number of halogens is 1. The summed E-state index contributed by atoms with van der Waals surface area (Å²) in [5, 5.41) is 12.0. The summed E-state index contributed by atoms with van der Waals surface area (Å²) in [4.78, 5) is 24.1. The minimum absolute atomic E-state index is 0.166. The quantitative estimate of drug-likeness (QED) is 0.286. The molecule has 0 spiro atoms. The van der Waals surface area contributed by atoms with E-state index in [0.29, 0.717) is 35.4 Å². The van der Waals surface area contributed by atoms with Crippen LogP contribution in [0.4, 0.5) is 5.69 Å².